The molecule has 1 saturated carbocycles. The normalized spacial score (nSPS) is 21.9. The summed E-state index contributed by atoms with van der Waals surface area (Å²) in [6, 6.07) is 26.5. The van der Waals surface area contributed by atoms with E-state index in [-0.39, 0.29) is 5.82 Å². The van der Waals surface area contributed by atoms with E-state index in [1.165, 1.54) is 35.4 Å². The van der Waals surface area contributed by atoms with Crippen molar-refractivity contribution in [3.05, 3.63) is 102 Å². The van der Waals surface area contributed by atoms with Gasteiger partial charge in [0.05, 0.1) is 18.8 Å². The molecule has 5 rings (SSSR count). The minimum atomic E-state index is -0.416. The number of piperidine rings is 1. The Kier molecular flexibility index (Phi) is 6.91. The van der Waals surface area contributed by atoms with Gasteiger partial charge in [0.25, 0.3) is 0 Å². The van der Waals surface area contributed by atoms with Crippen LogP contribution in [0.1, 0.15) is 24.0 Å². The molecule has 0 aromatic heterocycles. The second-order valence-electron chi connectivity index (χ2n) is 9.57. The molecule has 1 amide bonds. The molecule has 2 atom stereocenters. The van der Waals surface area contributed by atoms with Crippen LogP contribution >= 0.6 is 0 Å². The molecule has 3 aromatic carbocycles. The quantitative estimate of drug-likeness (QED) is 0.427. The summed E-state index contributed by atoms with van der Waals surface area (Å²) in [4.78, 5) is 17.3. The van der Waals surface area contributed by atoms with Crippen molar-refractivity contribution >= 4 is 11.8 Å². The Morgan fingerprint density at radius 2 is 1.53 bits per heavy atom. The van der Waals surface area contributed by atoms with Crippen molar-refractivity contribution in [3.63, 3.8) is 0 Å². The molecular weight excluding hydrogens is 427 g/mol. The highest BCUT2D eigenvalue weighted by Gasteiger charge is 2.42. The molecule has 34 heavy (non-hydrogen) atoms. The van der Waals surface area contributed by atoms with Gasteiger partial charge >= 0.3 is 6.09 Å². The summed E-state index contributed by atoms with van der Waals surface area (Å²) < 4.78 is 19.8. The van der Waals surface area contributed by atoms with Crippen molar-refractivity contribution < 1.29 is 13.9 Å². The zero-order chi connectivity index (χ0) is 23.3. The first-order chi connectivity index (χ1) is 16.7. The van der Waals surface area contributed by atoms with Crippen LogP contribution in [0.3, 0.4) is 0 Å². The lowest BCUT2D eigenvalue weighted by Gasteiger charge is -2.38. The van der Waals surface area contributed by atoms with E-state index in [1.54, 1.807) is 12.1 Å². The number of hydrogen-bond donors (Lipinski definition) is 0. The molecule has 1 saturated heterocycles. The fourth-order valence-electron chi connectivity index (χ4n) is 5.59. The number of hydrogen-bond acceptors (Lipinski definition) is 3. The number of anilines is 1. The zero-order valence-electron chi connectivity index (χ0n) is 19.4. The third kappa shape index (κ3) is 5.31. The number of likely N-dealkylation sites (tertiary alicyclic amines) is 1. The van der Waals surface area contributed by atoms with Gasteiger partial charge in [-0.15, -0.1) is 0 Å². The molecule has 176 valence electrons. The Bertz CT molecular complexity index is 1080. The lowest BCUT2D eigenvalue weighted by Crippen LogP contribution is -2.44. The summed E-state index contributed by atoms with van der Waals surface area (Å²) >= 11 is 0. The fraction of sp³-hybridized carbons (Fsp3) is 0.345. The maximum atomic E-state index is 13.9. The van der Waals surface area contributed by atoms with Gasteiger partial charge in [-0.25, -0.2) is 9.18 Å². The summed E-state index contributed by atoms with van der Waals surface area (Å²) in [5, 5.41) is 0. The molecule has 0 radical (unpaired) electrons. The van der Waals surface area contributed by atoms with Crippen LogP contribution in [0.25, 0.3) is 0 Å². The predicted octanol–water partition coefficient (Wildman–Crippen LogP) is 6.13. The monoisotopic (exact) mass is 458 g/mol. The molecule has 3 aromatic rings. The number of fused-ring (bicyclic) bond motifs is 2. The maximum Gasteiger partial charge on any atom is 0.414 e. The number of carbonyl (C=O) groups is 1. The van der Waals surface area contributed by atoms with Crippen LogP contribution in [-0.4, -0.2) is 30.7 Å². The van der Waals surface area contributed by atoms with E-state index in [4.69, 9.17) is 4.74 Å². The van der Waals surface area contributed by atoms with E-state index in [0.29, 0.717) is 36.6 Å². The number of carbonyl (C=O) groups excluding carboxylic acids is 1. The Morgan fingerprint density at radius 1 is 0.882 bits per heavy atom. The summed E-state index contributed by atoms with van der Waals surface area (Å²) in [5.74, 6) is 1.12. The summed E-state index contributed by atoms with van der Waals surface area (Å²) in [6.07, 6.45) is 1.96. The third-order valence-electron chi connectivity index (χ3n) is 7.28. The van der Waals surface area contributed by atoms with Crippen LogP contribution in [0.2, 0.25) is 0 Å². The van der Waals surface area contributed by atoms with E-state index >= 15 is 0 Å². The van der Waals surface area contributed by atoms with Crippen molar-refractivity contribution in [2.24, 2.45) is 17.8 Å². The average Bonchev–Trinajstić information content (AvgIpc) is 3.10. The minimum Gasteiger partial charge on any atom is -0.449 e. The first-order valence-corrected chi connectivity index (χ1v) is 12.2. The van der Waals surface area contributed by atoms with Crippen LogP contribution < -0.4 is 4.90 Å². The highest BCUT2D eigenvalue weighted by Crippen LogP contribution is 2.42. The van der Waals surface area contributed by atoms with Gasteiger partial charge in [-0.3, -0.25) is 9.80 Å². The third-order valence-corrected chi connectivity index (χ3v) is 7.28. The Morgan fingerprint density at radius 3 is 2.18 bits per heavy atom. The zero-order valence-corrected chi connectivity index (χ0v) is 19.4. The highest BCUT2D eigenvalue weighted by molar-refractivity contribution is 5.87. The molecule has 5 heteroatoms. The van der Waals surface area contributed by atoms with Gasteiger partial charge in [0.2, 0.25) is 0 Å². The molecular formula is C29H31FN2O2. The van der Waals surface area contributed by atoms with Crippen LogP contribution in [0, 0.1) is 23.6 Å². The smallest absolute Gasteiger partial charge is 0.414 e. The molecule has 0 spiro atoms. The largest absolute Gasteiger partial charge is 0.449 e. The number of halogens is 1. The van der Waals surface area contributed by atoms with E-state index < -0.39 is 6.09 Å². The second kappa shape index (κ2) is 10.4. The number of nitrogens with zero attached hydrogens (tertiary/aromatic N) is 2. The van der Waals surface area contributed by atoms with Crippen LogP contribution in [0.5, 0.6) is 0 Å². The molecule has 1 aliphatic carbocycles. The number of rotatable bonds is 7. The van der Waals surface area contributed by atoms with Crippen LogP contribution in [0.4, 0.5) is 14.9 Å². The molecule has 1 heterocycles. The SMILES string of the molecule is O=C(OCC1C2CCC1CN(Cc1ccccc1)C2)N(Cc1ccccc1)c1cccc(F)c1. The topological polar surface area (TPSA) is 32.8 Å². The van der Waals surface area contributed by atoms with Gasteiger partial charge in [0.15, 0.2) is 0 Å². The molecule has 2 unspecified atom stereocenters. The summed E-state index contributed by atoms with van der Waals surface area (Å²) in [6.45, 7) is 3.83. The van der Waals surface area contributed by atoms with E-state index in [1.807, 2.05) is 30.3 Å². The van der Waals surface area contributed by atoms with Gasteiger partial charge in [-0.2, -0.15) is 0 Å². The highest BCUT2D eigenvalue weighted by atomic mass is 19.1. The number of ether oxygens (including phenoxy) is 1. The van der Waals surface area contributed by atoms with Crippen LogP contribution in [0.15, 0.2) is 84.9 Å². The van der Waals surface area contributed by atoms with Crippen molar-refractivity contribution in [2.75, 3.05) is 24.6 Å². The minimum absolute atomic E-state index is 0.339. The molecule has 2 fully saturated rings. The molecule has 2 aliphatic rings. The van der Waals surface area contributed by atoms with Crippen molar-refractivity contribution in [3.8, 4) is 0 Å². The first-order valence-electron chi connectivity index (χ1n) is 12.2. The first kappa shape index (κ1) is 22.6. The fourth-order valence-corrected chi connectivity index (χ4v) is 5.59. The molecule has 1 aliphatic heterocycles. The molecule has 2 bridgehead atoms. The number of benzene rings is 3. The van der Waals surface area contributed by atoms with E-state index in [2.05, 4.69) is 35.2 Å². The average molecular weight is 459 g/mol. The molecule has 0 N–H and O–H groups in total. The van der Waals surface area contributed by atoms with Crippen molar-refractivity contribution in [2.45, 2.75) is 25.9 Å². The Balaban J connectivity index is 1.23. The van der Waals surface area contributed by atoms with Gasteiger partial charge in [0, 0.05) is 25.6 Å². The lowest BCUT2D eigenvalue weighted by molar-refractivity contribution is 0.0506. The van der Waals surface area contributed by atoms with Gasteiger partial charge < -0.3 is 4.74 Å². The van der Waals surface area contributed by atoms with Crippen molar-refractivity contribution in [1.29, 1.82) is 0 Å². The molecule has 4 nitrogen and oxygen atoms in total. The standard InChI is InChI=1S/C29H31FN2O2/c30-26-12-7-13-27(16-26)32(18-23-10-5-2-6-11-23)29(33)34-21-28-24-14-15-25(28)20-31(19-24)17-22-8-3-1-4-9-22/h1-13,16,24-25,28H,14-15,17-21H2. The van der Waals surface area contributed by atoms with Gasteiger partial charge in [-0.05, 0) is 54.0 Å². The Hall–Kier alpha value is -3.18. The van der Waals surface area contributed by atoms with Gasteiger partial charge in [0.1, 0.15) is 5.82 Å². The summed E-state index contributed by atoms with van der Waals surface area (Å²) in [7, 11) is 0. The van der Waals surface area contributed by atoms with E-state index in [9.17, 15) is 9.18 Å². The van der Waals surface area contributed by atoms with Gasteiger partial charge in [-0.1, -0.05) is 66.7 Å². The Labute approximate surface area is 201 Å². The van der Waals surface area contributed by atoms with Crippen LogP contribution in [-0.2, 0) is 17.8 Å². The predicted molar refractivity (Wildman–Crippen MR) is 132 cm³/mol. The number of amides is 1. The second-order valence-corrected chi connectivity index (χ2v) is 9.57. The lowest BCUT2D eigenvalue weighted by atomic mass is 9.85. The summed E-state index contributed by atoms with van der Waals surface area (Å²) in [5.41, 5.74) is 2.82. The van der Waals surface area contributed by atoms with Crippen molar-refractivity contribution in [1.82, 2.24) is 4.90 Å². The van der Waals surface area contributed by atoms with E-state index in [0.717, 1.165) is 25.2 Å². The maximum absolute atomic E-state index is 13.9.